The highest BCUT2D eigenvalue weighted by Gasteiger charge is 2.36. The van der Waals surface area contributed by atoms with Crippen LogP contribution < -0.4 is 0 Å². The van der Waals surface area contributed by atoms with Gasteiger partial charge < -0.3 is 5.11 Å². The van der Waals surface area contributed by atoms with Gasteiger partial charge in [-0.2, -0.15) is 4.31 Å². The third kappa shape index (κ3) is 2.36. The number of hydrogen-bond donors (Lipinski definition) is 1. The molecule has 0 bridgehead atoms. The smallest absolute Gasteiger partial charge is 0.243 e. The first-order chi connectivity index (χ1) is 7.91. The molecule has 0 unspecified atom stereocenters. The van der Waals surface area contributed by atoms with Crippen molar-refractivity contribution >= 4 is 10.0 Å². The van der Waals surface area contributed by atoms with Crippen molar-refractivity contribution in [3.05, 3.63) is 29.8 Å². The van der Waals surface area contributed by atoms with Crippen molar-refractivity contribution in [1.82, 2.24) is 4.31 Å². The van der Waals surface area contributed by atoms with E-state index >= 15 is 0 Å². The van der Waals surface area contributed by atoms with Gasteiger partial charge in [0.15, 0.2) is 0 Å². The zero-order chi connectivity index (χ0) is 12.6. The summed E-state index contributed by atoms with van der Waals surface area (Å²) in [6.45, 7) is 3.93. The van der Waals surface area contributed by atoms with E-state index in [1.54, 1.807) is 24.3 Å². The Kier molecular flexibility index (Phi) is 3.25. The molecule has 1 saturated heterocycles. The van der Waals surface area contributed by atoms with E-state index in [2.05, 4.69) is 0 Å². The Labute approximate surface area is 102 Å². The first-order valence-electron chi connectivity index (χ1n) is 5.68. The van der Waals surface area contributed by atoms with Gasteiger partial charge in [0.2, 0.25) is 10.0 Å². The number of hydrogen-bond acceptors (Lipinski definition) is 3. The van der Waals surface area contributed by atoms with Crippen LogP contribution in [0.5, 0.6) is 0 Å². The molecule has 94 valence electrons. The summed E-state index contributed by atoms with van der Waals surface area (Å²) in [6, 6.07) is 6.65. The maximum absolute atomic E-state index is 12.3. The van der Waals surface area contributed by atoms with Crippen molar-refractivity contribution in [1.29, 1.82) is 0 Å². The minimum Gasteiger partial charge on any atom is -0.392 e. The van der Waals surface area contributed by atoms with Crippen LogP contribution in [-0.2, 0) is 10.0 Å². The SMILES string of the molecule is Cc1ccc(S(=O)(=O)N2C[C@@H](O)C[C@@H]2C)cc1. The van der Waals surface area contributed by atoms with Crippen LogP contribution in [0.15, 0.2) is 29.2 Å². The second-order valence-corrected chi connectivity index (χ2v) is 6.52. The number of rotatable bonds is 2. The molecule has 0 amide bonds. The molecule has 1 aromatic carbocycles. The van der Waals surface area contributed by atoms with Gasteiger partial charge in [-0.05, 0) is 32.4 Å². The Balaban J connectivity index is 2.33. The zero-order valence-corrected chi connectivity index (χ0v) is 10.8. The summed E-state index contributed by atoms with van der Waals surface area (Å²) >= 11 is 0. The lowest BCUT2D eigenvalue weighted by Gasteiger charge is -2.20. The number of sulfonamides is 1. The first kappa shape index (κ1) is 12.5. The summed E-state index contributed by atoms with van der Waals surface area (Å²) in [6.07, 6.45) is -0.0457. The molecule has 0 saturated carbocycles. The summed E-state index contributed by atoms with van der Waals surface area (Å²) in [5.74, 6) is 0. The van der Waals surface area contributed by atoms with Crippen LogP contribution in [0.1, 0.15) is 18.9 Å². The quantitative estimate of drug-likeness (QED) is 0.862. The molecule has 4 nitrogen and oxygen atoms in total. The lowest BCUT2D eigenvalue weighted by atomic mass is 10.2. The lowest BCUT2D eigenvalue weighted by Crippen LogP contribution is -2.34. The van der Waals surface area contributed by atoms with E-state index in [1.165, 1.54) is 4.31 Å². The van der Waals surface area contributed by atoms with Crippen LogP contribution in [-0.4, -0.2) is 36.5 Å². The lowest BCUT2D eigenvalue weighted by molar-refractivity contribution is 0.189. The van der Waals surface area contributed by atoms with Crippen LogP contribution in [0, 0.1) is 6.92 Å². The Hall–Kier alpha value is -0.910. The second-order valence-electron chi connectivity index (χ2n) is 4.63. The van der Waals surface area contributed by atoms with Gasteiger partial charge >= 0.3 is 0 Å². The highest BCUT2D eigenvalue weighted by Crippen LogP contribution is 2.26. The highest BCUT2D eigenvalue weighted by molar-refractivity contribution is 7.89. The molecule has 1 aromatic rings. The topological polar surface area (TPSA) is 57.6 Å². The summed E-state index contributed by atoms with van der Waals surface area (Å²) in [5.41, 5.74) is 1.03. The molecule has 1 aliphatic rings. The third-order valence-corrected chi connectivity index (χ3v) is 5.12. The molecule has 0 spiro atoms. The fourth-order valence-corrected chi connectivity index (χ4v) is 3.83. The Morgan fingerprint density at radius 2 is 1.88 bits per heavy atom. The number of β-amino-alcohol motifs (C(OH)–C–C–N with tert-alkyl or cyclic N) is 1. The number of aliphatic hydroxyl groups excluding tert-OH is 1. The summed E-state index contributed by atoms with van der Waals surface area (Å²) in [5, 5.41) is 9.52. The predicted molar refractivity (Wildman–Crippen MR) is 65.2 cm³/mol. The van der Waals surface area contributed by atoms with E-state index in [4.69, 9.17) is 0 Å². The maximum atomic E-state index is 12.3. The van der Waals surface area contributed by atoms with Crippen molar-refractivity contribution in [2.75, 3.05) is 6.54 Å². The average Bonchev–Trinajstić information content (AvgIpc) is 2.59. The van der Waals surface area contributed by atoms with Gasteiger partial charge in [0.1, 0.15) is 0 Å². The van der Waals surface area contributed by atoms with Crippen molar-refractivity contribution in [3.63, 3.8) is 0 Å². The van der Waals surface area contributed by atoms with Crippen molar-refractivity contribution < 1.29 is 13.5 Å². The molecule has 2 rings (SSSR count). The van der Waals surface area contributed by atoms with Gasteiger partial charge in [0.05, 0.1) is 11.0 Å². The van der Waals surface area contributed by atoms with E-state index < -0.39 is 16.1 Å². The standard InChI is InChI=1S/C12H17NO3S/c1-9-3-5-12(6-4-9)17(15,16)13-8-11(14)7-10(13)2/h3-6,10-11,14H,7-8H2,1-2H3/t10-,11-/m0/s1. The molecule has 1 aliphatic heterocycles. The minimum atomic E-state index is -3.46. The molecular formula is C12H17NO3S. The van der Waals surface area contributed by atoms with Crippen LogP contribution >= 0.6 is 0 Å². The summed E-state index contributed by atoms with van der Waals surface area (Å²) in [4.78, 5) is 0.295. The largest absolute Gasteiger partial charge is 0.392 e. The van der Waals surface area contributed by atoms with Crippen molar-refractivity contribution in [2.24, 2.45) is 0 Å². The van der Waals surface area contributed by atoms with E-state index in [0.717, 1.165) is 5.56 Å². The van der Waals surface area contributed by atoms with E-state index in [1.807, 2.05) is 13.8 Å². The van der Waals surface area contributed by atoms with Gasteiger partial charge in [-0.1, -0.05) is 17.7 Å². The van der Waals surface area contributed by atoms with Gasteiger partial charge in [0.25, 0.3) is 0 Å². The van der Waals surface area contributed by atoms with Gasteiger partial charge in [-0.15, -0.1) is 0 Å². The molecule has 0 aromatic heterocycles. The fourth-order valence-electron chi connectivity index (χ4n) is 2.15. The summed E-state index contributed by atoms with van der Waals surface area (Å²) in [7, 11) is -3.46. The number of nitrogens with zero attached hydrogens (tertiary/aromatic N) is 1. The average molecular weight is 255 g/mol. The monoisotopic (exact) mass is 255 g/mol. The van der Waals surface area contributed by atoms with E-state index in [9.17, 15) is 13.5 Å². The predicted octanol–water partition coefficient (Wildman–Crippen LogP) is 1.14. The van der Waals surface area contributed by atoms with Gasteiger partial charge in [-0.25, -0.2) is 8.42 Å². The van der Waals surface area contributed by atoms with Gasteiger partial charge in [0, 0.05) is 12.6 Å². The van der Waals surface area contributed by atoms with E-state index in [-0.39, 0.29) is 12.6 Å². The molecule has 1 fully saturated rings. The van der Waals surface area contributed by atoms with Crippen molar-refractivity contribution in [2.45, 2.75) is 37.3 Å². The number of aryl methyl sites for hydroxylation is 1. The number of aliphatic hydroxyl groups is 1. The van der Waals surface area contributed by atoms with Crippen LogP contribution in [0.4, 0.5) is 0 Å². The molecule has 1 N–H and O–H groups in total. The third-order valence-electron chi connectivity index (χ3n) is 3.12. The minimum absolute atomic E-state index is 0.142. The molecule has 1 heterocycles. The van der Waals surface area contributed by atoms with Gasteiger partial charge in [-0.3, -0.25) is 0 Å². The molecule has 5 heteroatoms. The molecule has 2 atom stereocenters. The number of benzene rings is 1. The molecule has 0 aliphatic carbocycles. The highest BCUT2D eigenvalue weighted by atomic mass is 32.2. The molecule has 0 radical (unpaired) electrons. The van der Waals surface area contributed by atoms with Crippen LogP contribution in [0.25, 0.3) is 0 Å². The van der Waals surface area contributed by atoms with Crippen molar-refractivity contribution in [3.8, 4) is 0 Å². The molecular weight excluding hydrogens is 238 g/mol. The fraction of sp³-hybridized carbons (Fsp3) is 0.500. The normalized spacial score (nSPS) is 26.3. The zero-order valence-electron chi connectivity index (χ0n) is 10.00. The Bertz CT molecular complexity index is 495. The Morgan fingerprint density at radius 1 is 1.29 bits per heavy atom. The Morgan fingerprint density at radius 3 is 2.35 bits per heavy atom. The molecule has 17 heavy (non-hydrogen) atoms. The van der Waals surface area contributed by atoms with Crippen LogP contribution in [0.3, 0.4) is 0 Å². The summed E-state index contributed by atoms with van der Waals surface area (Å²) < 4.78 is 26.0. The second kappa shape index (κ2) is 4.40. The first-order valence-corrected chi connectivity index (χ1v) is 7.12. The maximum Gasteiger partial charge on any atom is 0.243 e. The van der Waals surface area contributed by atoms with E-state index in [0.29, 0.717) is 11.3 Å². The van der Waals surface area contributed by atoms with Crippen LogP contribution in [0.2, 0.25) is 0 Å².